The van der Waals surface area contributed by atoms with E-state index in [2.05, 4.69) is 0 Å². The van der Waals surface area contributed by atoms with Gasteiger partial charge in [0, 0.05) is 25.7 Å². The maximum atomic E-state index is 14.4. The van der Waals surface area contributed by atoms with E-state index < -0.39 is 11.6 Å². The van der Waals surface area contributed by atoms with Crippen molar-refractivity contribution in [2.45, 2.75) is 12.6 Å². The predicted molar refractivity (Wildman–Crippen MR) is 114 cm³/mol. The summed E-state index contributed by atoms with van der Waals surface area (Å²) < 4.78 is 28.2. The van der Waals surface area contributed by atoms with Crippen LogP contribution in [0.5, 0.6) is 0 Å². The molecule has 0 saturated heterocycles. The van der Waals surface area contributed by atoms with Crippen LogP contribution in [0.1, 0.15) is 22.7 Å². The van der Waals surface area contributed by atoms with Gasteiger partial charge in [-0.15, -0.1) is 0 Å². The standard InChI is InChI=1S/C25H22F2N2O/c1-28(16-18-8-4-2-5-9-18)25(30)29-17-20(22-15-21(26)12-13-23(22)27)14-24(29)19-10-6-3-7-11-19/h2-15,24H,16-17H2,1H3. The fourth-order valence-corrected chi connectivity index (χ4v) is 3.79. The number of amides is 2. The Labute approximate surface area is 174 Å². The van der Waals surface area contributed by atoms with Crippen molar-refractivity contribution < 1.29 is 13.6 Å². The first kappa shape index (κ1) is 19.8. The van der Waals surface area contributed by atoms with Crippen LogP contribution in [0.25, 0.3) is 5.57 Å². The second kappa shape index (κ2) is 8.49. The van der Waals surface area contributed by atoms with E-state index in [0.29, 0.717) is 12.1 Å². The van der Waals surface area contributed by atoms with Crippen LogP contribution in [0.2, 0.25) is 0 Å². The van der Waals surface area contributed by atoms with Crippen LogP contribution in [0.3, 0.4) is 0 Å². The van der Waals surface area contributed by atoms with Gasteiger partial charge >= 0.3 is 6.03 Å². The fourth-order valence-electron chi connectivity index (χ4n) is 3.79. The summed E-state index contributed by atoms with van der Waals surface area (Å²) in [5.74, 6) is -1.00. The zero-order valence-corrected chi connectivity index (χ0v) is 16.6. The van der Waals surface area contributed by atoms with Crippen LogP contribution in [0, 0.1) is 11.6 Å². The van der Waals surface area contributed by atoms with Crippen LogP contribution < -0.4 is 0 Å². The third-order valence-electron chi connectivity index (χ3n) is 5.29. The number of rotatable bonds is 4. The van der Waals surface area contributed by atoms with Gasteiger partial charge in [-0.05, 0) is 34.9 Å². The lowest BCUT2D eigenvalue weighted by Gasteiger charge is -2.30. The fraction of sp³-hybridized carbons (Fsp3) is 0.160. The average Bonchev–Trinajstić information content (AvgIpc) is 3.21. The highest BCUT2D eigenvalue weighted by Crippen LogP contribution is 2.36. The highest BCUT2D eigenvalue weighted by molar-refractivity contribution is 5.82. The van der Waals surface area contributed by atoms with E-state index in [1.807, 2.05) is 66.7 Å². The molecule has 1 atom stereocenters. The predicted octanol–water partition coefficient (Wildman–Crippen LogP) is 5.66. The van der Waals surface area contributed by atoms with Crippen molar-refractivity contribution >= 4 is 11.6 Å². The molecular weight excluding hydrogens is 382 g/mol. The van der Waals surface area contributed by atoms with Gasteiger partial charge in [-0.25, -0.2) is 13.6 Å². The normalized spacial score (nSPS) is 15.8. The van der Waals surface area contributed by atoms with E-state index in [0.717, 1.165) is 23.3 Å². The van der Waals surface area contributed by atoms with Crippen molar-refractivity contribution in [3.05, 3.63) is 113 Å². The van der Waals surface area contributed by atoms with Crippen molar-refractivity contribution in [3.8, 4) is 0 Å². The quantitative estimate of drug-likeness (QED) is 0.551. The second-order valence-corrected chi connectivity index (χ2v) is 7.42. The molecule has 0 saturated carbocycles. The summed E-state index contributed by atoms with van der Waals surface area (Å²) in [5, 5.41) is 0. The van der Waals surface area contributed by atoms with Gasteiger partial charge in [-0.1, -0.05) is 66.7 Å². The lowest BCUT2D eigenvalue weighted by Crippen LogP contribution is -2.41. The topological polar surface area (TPSA) is 23.6 Å². The van der Waals surface area contributed by atoms with Crippen LogP contribution in [0.15, 0.2) is 84.9 Å². The molecule has 4 rings (SSSR count). The zero-order chi connectivity index (χ0) is 21.1. The summed E-state index contributed by atoms with van der Waals surface area (Å²) in [7, 11) is 1.75. The van der Waals surface area contributed by atoms with Crippen LogP contribution in [-0.2, 0) is 6.54 Å². The Morgan fingerprint density at radius 1 is 1.00 bits per heavy atom. The number of benzene rings is 3. The molecule has 3 aromatic rings. The van der Waals surface area contributed by atoms with E-state index in [1.54, 1.807) is 16.8 Å². The number of urea groups is 1. The molecule has 0 bridgehead atoms. The molecule has 30 heavy (non-hydrogen) atoms. The number of hydrogen-bond donors (Lipinski definition) is 0. The number of hydrogen-bond acceptors (Lipinski definition) is 1. The Kier molecular flexibility index (Phi) is 5.61. The largest absolute Gasteiger partial charge is 0.323 e. The highest BCUT2D eigenvalue weighted by atomic mass is 19.1. The molecule has 1 aliphatic rings. The van der Waals surface area contributed by atoms with E-state index in [9.17, 15) is 13.6 Å². The maximum absolute atomic E-state index is 14.4. The molecule has 1 heterocycles. The third-order valence-corrected chi connectivity index (χ3v) is 5.29. The molecule has 2 amide bonds. The van der Waals surface area contributed by atoms with Gasteiger partial charge in [0.2, 0.25) is 0 Å². The maximum Gasteiger partial charge on any atom is 0.321 e. The third kappa shape index (κ3) is 4.10. The van der Waals surface area contributed by atoms with Gasteiger partial charge < -0.3 is 9.80 Å². The highest BCUT2D eigenvalue weighted by Gasteiger charge is 2.33. The number of carbonyl (C=O) groups is 1. The van der Waals surface area contributed by atoms with E-state index >= 15 is 0 Å². The van der Waals surface area contributed by atoms with Crippen molar-refractivity contribution in [1.82, 2.24) is 9.80 Å². The second-order valence-electron chi connectivity index (χ2n) is 7.42. The SMILES string of the molecule is CN(Cc1ccccc1)C(=O)N1CC(c2cc(F)ccc2F)=CC1c1ccccc1. The van der Waals surface area contributed by atoms with Crippen LogP contribution >= 0.6 is 0 Å². The molecule has 1 aliphatic heterocycles. The van der Waals surface area contributed by atoms with Gasteiger partial charge in [0.05, 0.1) is 6.04 Å². The van der Waals surface area contributed by atoms with E-state index in [4.69, 9.17) is 0 Å². The summed E-state index contributed by atoms with van der Waals surface area (Å²) in [5.41, 5.74) is 2.73. The monoisotopic (exact) mass is 404 g/mol. The van der Waals surface area contributed by atoms with E-state index in [-0.39, 0.29) is 24.2 Å². The molecule has 0 aromatic heterocycles. The molecule has 3 aromatic carbocycles. The Hall–Kier alpha value is -3.47. The lowest BCUT2D eigenvalue weighted by atomic mass is 10.0. The molecule has 5 heteroatoms. The Morgan fingerprint density at radius 3 is 2.37 bits per heavy atom. The van der Waals surface area contributed by atoms with Gasteiger partial charge in [0.1, 0.15) is 11.6 Å². The Morgan fingerprint density at radius 2 is 1.67 bits per heavy atom. The Bertz CT molecular complexity index is 1070. The molecule has 0 spiro atoms. The summed E-state index contributed by atoms with van der Waals surface area (Å²) in [6, 6.07) is 22.2. The summed E-state index contributed by atoms with van der Waals surface area (Å²) in [6.45, 7) is 0.666. The van der Waals surface area contributed by atoms with Crippen molar-refractivity contribution in [3.63, 3.8) is 0 Å². The molecule has 0 N–H and O–H groups in total. The van der Waals surface area contributed by atoms with Gasteiger partial charge in [0.15, 0.2) is 0 Å². The van der Waals surface area contributed by atoms with Gasteiger partial charge in [-0.2, -0.15) is 0 Å². The first-order valence-corrected chi connectivity index (χ1v) is 9.79. The lowest BCUT2D eigenvalue weighted by molar-refractivity contribution is 0.160. The molecule has 0 radical (unpaired) electrons. The minimum Gasteiger partial charge on any atom is -0.323 e. The Balaban J connectivity index is 1.64. The minimum atomic E-state index is -0.505. The minimum absolute atomic E-state index is 0.171. The van der Waals surface area contributed by atoms with E-state index in [1.165, 1.54) is 6.07 Å². The number of nitrogens with zero attached hydrogens (tertiary/aromatic N) is 2. The van der Waals surface area contributed by atoms with Crippen molar-refractivity contribution in [2.24, 2.45) is 0 Å². The number of halogens is 2. The van der Waals surface area contributed by atoms with Crippen LogP contribution in [-0.4, -0.2) is 29.4 Å². The van der Waals surface area contributed by atoms with Crippen molar-refractivity contribution in [1.29, 1.82) is 0 Å². The smallest absolute Gasteiger partial charge is 0.321 e. The molecular formula is C25H22F2N2O. The molecule has 152 valence electrons. The number of carbonyl (C=O) groups excluding carboxylic acids is 1. The summed E-state index contributed by atoms with van der Waals surface area (Å²) in [6.07, 6.45) is 1.85. The van der Waals surface area contributed by atoms with Crippen LogP contribution in [0.4, 0.5) is 13.6 Å². The molecule has 3 nitrogen and oxygen atoms in total. The first-order valence-electron chi connectivity index (χ1n) is 9.79. The van der Waals surface area contributed by atoms with Crippen molar-refractivity contribution in [2.75, 3.05) is 13.6 Å². The summed E-state index contributed by atoms with van der Waals surface area (Å²) >= 11 is 0. The molecule has 1 unspecified atom stereocenters. The first-order chi connectivity index (χ1) is 14.5. The summed E-state index contributed by atoms with van der Waals surface area (Å²) in [4.78, 5) is 16.6. The molecule has 0 aliphatic carbocycles. The van der Waals surface area contributed by atoms with Gasteiger partial charge in [-0.3, -0.25) is 0 Å². The zero-order valence-electron chi connectivity index (χ0n) is 16.6. The molecule has 0 fully saturated rings. The van der Waals surface area contributed by atoms with Gasteiger partial charge in [0.25, 0.3) is 0 Å². The average molecular weight is 404 g/mol.